The van der Waals surface area contributed by atoms with Crippen LogP contribution in [0.3, 0.4) is 0 Å². The number of halogens is 2. The average Bonchev–Trinajstić information content (AvgIpc) is 2.34. The molecule has 1 aliphatic carbocycles. The van der Waals surface area contributed by atoms with Crippen LogP contribution < -0.4 is 5.73 Å². The van der Waals surface area contributed by atoms with Gasteiger partial charge in [0.05, 0.1) is 5.41 Å². The van der Waals surface area contributed by atoms with Crippen molar-refractivity contribution in [2.75, 3.05) is 20.6 Å². The van der Waals surface area contributed by atoms with E-state index in [1.165, 1.54) is 0 Å². The molecule has 6 nitrogen and oxygen atoms in total. The second-order valence-electron chi connectivity index (χ2n) is 6.36. The van der Waals surface area contributed by atoms with E-state index in [-0.39, 0.29) is 43.6 Å². The number of rotatable bonds is 7. The minimum atomic E-state index is -1.45. The Balaban J connectivity index is 0. The molecule has 0 aromatic carbocycles. The summed E-state index contributed by atoms with van der Waals surface area (Å²) in [6.45, 7) is 0.952. The molecule has 9 heteroatoms. The molecular formula is C13H29BCl2N2O4. The number of carboxylic acid groups (broad SMARTS) is 1. The van der Waals surface area contributed by atoms with Crippen LogP contribution in [0.2, 0.25) is 6.32 Å². The highest BCUT2D eigenvalue weighted by Crippen LogP contribution is 2.43. The van der Waals surface area contributed by atoms with Gasteiger partial charge in [-0.3, -0.25) is 4.79 Å². The van der Waals surface area contributed by atoms with Gasteiger partial charge in [0.1, 0.15) is 0 Å². The topological polar surface area (TPSA) is 107 Å². The fourth-order valence-corrected chi connectivity index (χ4v) is 3.11. The summed E-state index contributed by atoms with van der Waals surface area (Å²) in [5, 5.41) is 27.4. The van der Waals surface area contributed by atoms with Crippen molar-refractivity contribution in [3.05, 3.63) is 0 Å². The number of nitrogens with zero attached hydrogens (tertiary/aromatic N) is 1. The molecule has 0 spiro atoms. The Morgan fingerprint density at radius 3 is 2.36 bits per heavy atom. The fraction of sp³-hybridized carbons (Fsp3) is 0.923. The number of carbonyl (C=O) groups is 1. The lowest BCUT2D eigenvalue weighted by Gasteiger charge is -2.41. The maximum Gasteiger partial charge on any atom is 0.451 e. The normalized spacial score (nSPS) is 27.7. The van der Waals surface area contributed by atoms with Gasteiger partial charge in [0.2, 0.25) is 0 Å². The van der Waals surface area contributed by atoms with Crippen molar-refractivity contribution in [3.63, 3.8) is 0 Å². The van der Waals surface area contributed by atoms with Crippen molar-refractivity contribution < 1.29 is 19.9 Å². The van der Waals surface area contributed by atoms with Gasteiger partial charge in [0.25, 0.3) is 0 Å². The summed E-state index contributed by atoms with van der Waals surface area (Å²) in [7, 11) is 2.57. The molecule has 0 radical (unpaired) electrons. The summed E-state index contributed by atoms with van der Waals surface area (Å²) < 4.78 is 0. The molecule has 0 aromatic rings. The lowest BCUT2D eigenvalue weighted by atomic mass is 9.63. The fourth-order valence-electron chi connectivity index (χ4n) is 3.11. The number of carboxylic acids is 1. The van der Waals surface area contributed by atoms with Crippen molar-refractivity contribution in [1.82, 2.24) is 4.90 Å². The van der Waals surface area contributed by atoms with Crippen LogP contribution in [0.25, 0.3) is 0 Å². The standard InChI is InChI=1S/C13H27BN2O4.2ClH/c1-16(2)8-4-10-3-5-13(12(17)18,9-11(10)15)6-7-14(19)20;;/h10-11,19-20H,3-9,15H2,1-2H3,(H,17,18);2*1H. The SMILES string of the molecule is CN(C)CCC1CCC(CCB(O)O)(C(=O)O)CC1N.Cl.Cl. The van der Waals surface area contributed by atoms with E-state index in [4.69, 9.17) is 15.8 Å². The van der Waals surface area contributed by atoms with Crippen LogP contribution in [0.1, 0.15) is 32.1 Å². The summed E-state index contributed by atoms with van der Waals surface area (Å²) in [5.74, 6) is -0.511. The molecule has 0 bridgehead atoms. The Kier molecular flexibility index (Phi) is 11.8. The van der Waals surface area contributed by atoms with Gasteiger partial charge < -0.3 is 25.8 Å². The number of nitrogens with two attached hydrogens (primary N) is 1. The third-order valence-electron chi connectivity index (χ3n) is 4.51. The summed E-state index contributed by atoms with van der Waals surface area (Å²) >= 11 is 0. The summed E-state index contributed by atoms with van der Waals surface area (Å²) in [6.07, 6.45) is 3.12. The van der Waals surface area contributed by atoms with Gasteiger partial charge >= 0.3 is 13.1 Å². The summed E-state index contributed by atoms with van der Waals surface area (Å²) in [4.78, 5) is 13.7. The molecule has 1 aliphatic rings. The molecule has 0 saturated heterocycles. The number of hydrogen-bond donors (Lipinski definition) is 4. The first-order valence-electron chi connectivity index (χ1n) is 7.27. The number of aliphatic carboxylic acids is 1. The van der Waals surface area contributed by atoms with Crippen molar-refractivity contribution in [1.29, 1.82) is 0 Å². The molecule has 1 saturated carbocycles. The average molecular weight is 359 g/mol. The zero-order valence-corrected chi connectivity index (χ0v) is 14.9. The molecule has 3 unspecified atom stereocenters. The predicted molar refractivity (Wildman–Crippen MR) is 92.7 cm³/mol. The van der Waals surface area contributed by atoms with Crippen molar-refractivity contribution in [3.8, 4) is 0 Å². The van der Waals surface area contributed by atoms with Crippen LogP contribution in [-0.2, 0) is 4.79 Å². The molecule has 0 heterocycles. The van der Waals surface area contributed by atoms with E-state index in [0.717, 1.165) is 19.4 Å². The van der Waals surface area contributed by atoms with E-state index in [0.29, 0.717) is 18.8 Å². The first-order chi connectivity index (χ1) is 9.27. The molecule has 1 fully saturated rings. The van der Waals surface area contributed by atoms with Crippen LogP contribution in [-0.4, -0.2) is 59.8 Å². The molecule has 0 aliphatic heterocycles. The van der Waals surface area contributed by atoms with Gasteiger partial charge in [0, 0.05) is 6.04 Å². The second kappa shape index (κ2) is 10.7. The third-order valence-corrected chi connectivity index (χ3v) is 4.51. The molecule has 0 aromatic heterocycles. The minimum Gasteiger partial charge on any atom is -0.481 e. The van der Waals surface area contributed by atoms with Gasteiger partial charge in [-0.05, 0) is 65.0 Å². The van der Waals surface area contributed by atoms with E-state index >= 15 is 0 Å². The van der Waals surface area contributed by atoms with E-state index < -0.39 is 18.5 Å². The first-order valence-corrected chi connectivity index (χ1v) is 7.27. The Bertz CT molecular complexity index is 337. The highest BCUT2D eigenvalue weighted by Gasteiger charge is 2.45. The Labute approximate surface area is 145 Å². The van der Waals surface area contributed by atoms with Gasteiger partial charge in [-0.1, -0.05) is 0 Å². The second-order valence-corrected chi connectivity index (χ2v) is 6.36. The molecular weight excluding hydrogens is 330 g/mol. The molecule has 1 rings (SSSR count). The smallest absolute Gasteiger partial charge is 0.451 e. The Hall–Kier alpha value is -0.0451. The van der Waals surface area contributed by atoms with E-state index in [9.17, 15) is 9.90 Å². The van der Waals surface area contributed by atoms with Crippen LogP contribution in [0.15, 0.2) is 0 Å². The van der Waals surface area contributed by atoms with Gasteiger partial charge in [-0.2, -0.15) is 0 Å². The van der Waals surface area contributed by atoms with Crippen LogP contribution in [0, 0.1) is 11.3 Å². The largest absolute Gasteiger partial charge is 0.481 e. The van der Waals surface area contributed by atoms with Gasteiger partial charge in [-0.15, -0.1) is 24.8 Å². The maximum absolute atomic E-state index is 11.6. The Morgan fingerprint density at radius 1 is 1.36 bits per heavy atom. The van der Waals surface area contributed by atoms with Crippen molar-refractivity contribution >= 4 is 37.9 Å². The quantitative estimate of drug-likeness (QED) is 0.502. The monoisotopic (exact) mass is 358 g/mol. The molecule has 22 heavy (non-hydrogen) atoms. The number of hydrogen-bond acceptors (Lipinski definition) is 5. The van der Waals surface area contributed by atoms with Crippen LogP contribution >= 0.6 is 24.8 Å². The molecule has 3 atom stereocenters. The van der Waals surface area contributed by atoms with Crippen molar-refractivity contribution in [2.24, 2.45) is 17.1 Å². The third kappa shape index (κ3) is 7.02. The van der Waals surface area contributed by atoms with Crippen molar-refractivity contribution in [2.45, 2.75) is 44.5 Å². The lowest BCUT2D eigenvalue weighted by Crippen LogP contribution is -2.47. The first kappa shape index (κ1) is 24.2. The predicted octanol–water partition coefficient (Wildman–Crippen LogP) is 0.843. The van der Waals surface area contributed by atoms with E-state index in [1.807, 2.05) is 14.1 Å². The highest BCUT2D eigenvalue weighted by atomic mass is 35.5. The van der Waals surface area contributed by atoms with Crippen LogP contribution in [0.4, 0.5) is 0 Å². The van der Waals surface area contributed by atoms with E-state index in [1.54, 1.807) is 0 Å². The van der Waals surface area contributed by atoms with Gasteiger partial charge in [-0.25, -0.2) is 0 Å². The Morgan fingerprint density at radius 2 is 1.95 bits per heavy atom. The summed E-state index contributed by atoms with van der Waals surface area (Å²) in [5.41, 5.74) is 5.29. The van der Waals surface area contributed by atoms with Crippen LogP contribution in [0.5, 0.6) is 0 Å². The lowest BCUT2D eigenvalue weighted by molar-refractivity contribution is -0.152. The molecule has 0 amide bonds. The minimum absolute atomic E-state index is 0. The molecule has 5 N–H and O–H groups in total. The maximum atomic E-state index is 11.6. The zero-order valence-electron chi connectivity index (χ0n) is 13.3. The summed E-state index contributed by atoms with van der Waals surface area (Å²) in [6, 6.07) is -0.129. The zero-order chi connectivity index (χ0) is 15.3. The van der Waals surface area contributed by atoms with Gasteiger partial charge in [0.15, 0.2) is 0 Å². The van der Waals surface area contributed by atoms with E-state index in [2.05, 4.69) is 4.90 Å². The molecule has 132 valence electrons. The highest BCUT2D eigenvalue weighted by molar-refractivity contribution is 6.41.